The van der Waals surface area contributed by atoms with Crippen LogP contribution in [0.3, 0.4) is 0 Å². The molecule has 1 aliphatic heterocycles. The number of benzene rings is 2. The Labute approximate surface area is 193 Å². The fourth-order valence-electron chi connectivity index (χ4n) is 4.48. The normalized spacial score (nSPS) is 18.6. The van der Waals surface area contributed by atoms with E-state index in [1.165, 1.54) is 16.9 Å². The van der Waals surface area contributed by atoms with Crippen LogP contribution in [0.4, 0.5) is 5.69 Å². The Hall–Kier alpha value is -2.92. The van der Waals surface area contributed by atoms with E-state index >= 15 is 0 Å². The number of carbonyl (C=O) groups excluding carboxylic acids is 3. The highest BCUT2D eigenvalue weighted by Crippen LogP contribution is 2.29. The van der Waals surface area contributed by atoms with E-state index in [0.29, 0.717) is 22.8 Å². The number of hydrogen-bond donors (Lipinski definition) is 0. The molecule has 5 nitrogen and oxygen atoms in total. The van der Waals surface area contributed by atoms with E-state index in [1.807, 2.05) is 25.1 Å². The molecular weight excluding hydrogens is 424 g/mol. The van der Waals surface area contributed by atoms with E-state index in [4.69, 9.17) is 11.6 Å². The molecular formula is C26H27ClN2O3. The Bertz CT molecular complexity index is 1060. The molecule has 0 saturated carbocycles. The number of anilines is 1. The van der Waals surface area contributed by atoms with E-state index in [2.05, 4.69) is 6.08 Å². The number of hydrogen-bond acceptors (Lipinski definition) is 3. The van der Waals surface area contributed by atoms with Crippen molar-refractivity contribution >= 4 is 35.0 Å². The lowest BCUT2D eigenvalue weighted by molar-refractivity contribution is -0.122. The summed E-state index contributed by atoms with van der Waals surface area (Å²) in [5.41, 5.74) is 3.22. The van der Waals surface area contributed by atoms with Crippen LogP contribution in [0.5, 0.6) is 0 Å². The van der Waals surface area contributed by atoms with Gasteiger partial charge >= 0.3 is 0 Å². The Morgan fingerprint density at radius 2 is 1.84 bits per heavy atom. The SMILES string of the molecule is Cc1ccccc1C(=O)N(CCC1=CCCCC1)C1CC(=O)N(c2ccc(Cl)cc2)C1=O. The smallest absolute Gasteiger partial charge is 0.257 e. The largest absolute Gasteiger partial charge is 0.326 e. The molecule has 2 aromatic carbocycles. The third kappa shape index (κ3) is 4.63. The van der Waals surface area contributed by atoms with Gasteiger partial charge in [0.1, 0.15) is 6.04 Å². The summed E-state index contributed by atoms with van der Waals surface area (Å²) in [4.78, 5) is 42.6. The van der Waals surface area contributed by atoms with Crippen LogP contribution in [0.2, 0.25) is 5.02 Å². The van der Waals surface area contributed by atoms with Crippen LogP contribution < -0.4 is 4.90 Å². The number of aryl methyl sites for hydroxylation is 1. The van der Waals surface area contributed by atoms with Gasteiger partial charge in [0, 0.05) is 17.1 Å². The topological polar surface area (TPSA) is 57.7 Å². The van der Waals surface area contributed by atoms with Crippen LogP contribution in [0.15, 0.2) is 60.2 Å². The first-order valence-corrected chi connectivity index (χ1v) is 11.5. The summed E-state index contributed by atoms with van der Waals surface area (Å²) in [6.45, 7) is 2.30. The molecule has 1 heterocycles. The molecule has 0 bridgehead atoms. The Morgan fingerprint density at radius 1 is 1.09 bits per heavy atom. The Kier molecular flexibility index (Phi) is 6.75. The molecule has 1 fully saturated rings. The second-order valence-corrected chi connectivity index (χ2v) is 8.87. The molecule has 6 heteroatoms. The lowest BCUT2D eigenvalue weighted by atomic mass is 9.96. The van der Waals surface area contributed by atoms with Crippen LogP contribution in [-0.2, 0) is 9.59 Å². The summed E-state index contributed by atoms with van der Waals surface area (Å²) in [6, 6.07) is 13.2. The number of imide groups is 1. The minimum Gasteiger partial charge on any atom is -0.326 e. The molecule has 1 unspecified atom stereocenters. The molecule has 3 amide bonds. The van der Waals surface area contributed by atoms with Gasteiger partial charge in [0.25, 0.3) is 11.8 Å². The van der Waals surface area contributed by atoms with Gasteiger partial charge in [-0.25, -0.2) is 4.90 Å². The Morgan fingerprint density at radius 3 is 2.53 bits per heavy atom. The maximum absolute atomic E-state index is 13.6. The van der Waals surface area contributed by atoms with Gasteiger partial charge in [-0.15, -0.1) is 0 Å². The molecule has 0 radical (unpaired) electrons. The highest BCUT2D eigenvalue weighted by atomic mass is 35.5. The standard InChI is InChI=1S/C26H27ClN2O3/c1-18-7-5-6-10-22(18)25(31)28(16-15-19-8-3-2-4-9-19)23-17-24(30)29(26(23)32)21-13-11-20(27)12-14-21/h5-8,10-14,23H,2-4,9,15-17H2,1H3. The predicted molar refractivity (Wildman–Crippen MR) is 126 cm³/mol. The highest BCUT2D eigenvalue weighted by molar-refractivity contribution is 6.31. The second-order valence-electron chi connectivity index (χ2n) is 8.44. The van der Waals surface area contributed by atoms with Crippen molar-refractivity contribution in [1.82, 2.24) is 4.90 Å². The van der Waals surface area contributed by atoms with Crippen molar-refractivity contribution in [2.75, 3.05) is 11.4 Å². The number of nitrogens with zero attached hydrogens (tertiary/aromatic N) is 2. The van der Waals surface area contributed by atoms with Crippen molar-refractivity contribution in [1.29, 1.82) is 0 Å². The molecule has 32 heavy (non-hydrogen) atoms. The molecule has 1 atom stereocenters. The van der Waals surface area contributed by atoms with Crippen molar-refractivity contribution in [2.24, 2.45) is 0 Å². The summed E-state index contributed by atoms with van der Waals surface area (Å²) in [6.07, 6.45) is 7.40. The maximum atomic E-state index is 13.6. The fraction of sp³-hybridized carbons (Fsp3) is 0.346. The van der Waals surface area contributed by atoms with Crippen LogP contribution in [0, 0.1) is 6.92 Å². The lowest BCUT2D eigenvalue weighted by Crippen LogP contribution is -2.46. The van der Waals surface area contributed by atoms with Crippen LogP contribution in [0.1, 0.15) is 54.4 Å². The number of allylic oxidation sites excluding steroid dienone is 1. The predicted octanol–water partition coefficient (Wildman–Crippen LogP) is 5.31. The molecule has 2 aromatic rings. The molecule has 2 aliphatic rings. The van der Waals surface area contributed by atoms with E-state index in [1.54, 1.807) is 35.2 Å². The zero-order valence-electron chi connectivity index (χ0n) is 18.2. The molecule has 1 aliphatic carbocycles. The summed E-state index contributed by atoms with van der Waals surface area (Å²) in [7, 11) is 0. The zero-order valence-corrected chi connectivity index (χ0v) is 19.0. The summed E-state index contributed by atoms with van der Waals surface area (Å²) in [5.74, 6) is -0.873. The molecule has 0 spiro atoms. The second kappa shape index (κ2) is 9.70. The highest BCUT2D eigenvalue weighted by Gasteiger charge is 2.44. The van der Waals surface area contributed by atoms with Gasteiger partial charge in [-0.3, -0.25) is 14.4 Å². The van der Waals surface area contributed by atoms with E-state index in [0.717, 1.165) is 31.2 Å². The van der Waals surface area contributed by atoms with Crippen molar-refractivity contribution in [3.05, 3.63) is 76.3 Å². The molecule has 0 N–H and O–H groups in total. The van der Waals surface area contributed by atoms with Gasteiger partial charge in [0.15, 0.2) is 0 Å². The van der Waals surface area contributed by atoms with Gasteiger partial charge in [-0.2, -0.15) is 0 Å². The molecule has 166 valence electrons. The Balaban J connectivity index is 1.62. The first-order chi connectivity index (χ1) is 15.5. The van der Waals surface area contributed by atoms with Crippen LogP contribution in [0.25, 0.3) is 0 Å². The van der Waals surface area contributed by atoms with Crippen molar-refractivity contribution in [2.45, 2.75) is 51.5 Å². The van der Waals surface area contributed by atoms with Crippen LogP contribution in [-0.4, -0.2) is 35.2 Å². The zero-order chi connectivity index (χ0) is 22.7. The number of amides is 3. The van der Waals surface area contributed by atoms with E-state index < -0.39 is 6.04 Å². The van der Waals surface area contributed by atoms with Gasteiger partial charge in [0.05, 0.1) is 12.1 Å². The van der Waals surface area contributed by atoms with Gasteiger partial charge < -0.3 is 4.90 Å². The molecule has 0 aromatic heterocycles. The monoisotopic (exact) mass is 450 g/mol. The van der Waals surface area contributed by atoms with E-state index in [-0.39, 0.29) is 24.1 Å². The summed E-state index contributed by atoms with van der Waals surface area (Å²) < 4.78 is 0. The first kappa shape index (κ1) is 22.3. The average Bonchev–Trinajstić information content (AvgIpc) is 3.09. The van der Waals surface area contributed by atoms with Gasteiger partial charge in [-0.05, 0) is 74.9 Å². The minimum absolute atomic E-state index is 0.0157. The van der Waals surface area contributed by atoms with Gasteiger partial charge in [0.2, 0.25) is 5.91 Å². The maximum Gasteiger partial charge on any atom is 0.257 e. The molecule has 4 rings (SSSR count). The average molecular weight is 451 g/mol. The third-order valence-electron chi connectivity index (χ3n) is 6.28. The van der Waals surface area contributed by atoms with Crippen molar-refractivity contribution < 1.29 is 14.4 Å². The third-order valence-corrected chi connectivity index (χ3v) is 6.53. The molecule has 1 saturated heterocycles. The van der Waals surface area contributed by atoms with E-state index in [9.17, 15) is 14.4 Å². The number of rotatable bonds is 6. The fourth-order valence-corrected chi connectivity index (χ4v) is 4.61. The summed E-state index contributed by atoms with van der Waals surface area (Å²) in [5, 5.41) is 0.529. The minimum atomic E-state index is -0.811. The number of halogens is 1. The lowest BCUT2D eigenvalue weighted by Gasteiger charge is -2.29. The summed E-state index contributed by atoms with van der Waals surface area (Å²) >= 11 is 5.96. The van der Waals surface area contributed by atoms with Crippen LogP contribution >= 0.6 is 11.6 Å². The van der Waals surface area contributed by atoms with Crippen molar-refractivity contribution in [3.63, 3.8) is 0 Å². The van der Waals surface area contributed by atoms with Crippen molar-refractivity contribution in [3.8, 4) is 0 Å². The quantitative estimate of drug-likeness (QED) is 0.442. The van der Waals surface area contributed by atoms with Gasteiger partial charge in [-0.1, -0.05) is 41.4 Å². The number of carbonyl (C=O) groups is 3. The first-order valence-electron chi connectivity index (χ1n) is 11.1.